The molecule has 0 aliphatic heterocycles. The number of nitrogens with one attached hydrogen (secondary N) is 1. The van der Waals surface area contributed by atoms with Crippen molar-refractivity contribution in [1.29, 1.82) is 0 Å². The molecule has 4 heteroatoms. The number of fused-ring (bicyclic) bond motifs is 1. The summed E-state index contributed by atoms with van der Waals surface area (Å²) in [5.74, 6) is 0.622. The maximum absolute atomic E-state index is 11.5. The molecule has 0 spiro atoms. The highest BCUT2D eigenvalue weighted by atomic mass is 16.6. The van der Waals surface area contributed by atoms with E-state index in [0.717, 1.165) is 19.4 Å². The van der Waals surface area contributed by atoms with E-state index < -0.39 is 0 Å². The molecule has 0 radical (unpaired) electrons. The van der Waals surface area contributed by atoms with Gasteiger partial charge in [-0.15, -0.1) is 0 Å². The first-order valence-corrected chi connectivity index (χ1v) is 6.37. The Morgan fingerprint density at radius 3 is 2.94 bits per heavy atom. The van der Waals surface area contributed by atoms with Crippen molar-refractivity contribution in [2.45, 2.75) is 25.8 Å². The summed E-state index contributed by atoms with van der Waals surface area (Å²) in [7, 11) is 3.36. The lowest BCUT2D eigenvalue weighted by atomic mass is 10.1. The summed E-state index contributed by atoms with van der Waals surface area (Å²) >= 11 is 0. The summed E-state index contributed by atoms with van der Waals surface area (Å²) in [6.07, 6.45) is 1.87. The van der Waals surface area contributed by atoms with Crippen molar-refractivity contribution >= 4 is 6.09 Å². The summed E-state index contributed by atoms with van der Waals surface area (Å²) in [4.78, 5) is 12.9. The third kappa shape index (κ3) is 2.64. The molecule has 4 nitrogen and oxygen atoms in total. The Kier molecular flexibility index (Phi) is 3.87. The van der Waals surface area contributed by atoms with Crippen LogP contribution in [0.15, 0.2) is 18.2 Å². The molecule has 1 N–H and O–H groups in total. The maximum Gasteiger partial charge on any atom is 0.414 e. The van der Waals surface area contributed by atoms with Crippen LogP contribution in [-0.2, 0) is 6.42 Å². The van der Waals surface area contributed by atoms with E-state index in [1.807, 2.05) is 12.1 Å². The normalized spacial score (nSPS) is 17.4. The molecule has 98 valence electrons. The van der Waals surface area contributed by atoms with Gasteiger partial charge in [0.2, 0.25) is 0 Å². The van der Waals surface area contributed by atoms with Gasteiger partial charge in [0.25, 0.3) is 0 Å². The predicted octanol–water partition coefficient (Wildman–Crippen LogP) is 2.34. The van der Waals surface area contributed by atoms with E-state index in [1.54, 1.807) is 14.1 Å². The summed E-state index contributed by atoms with van der Waals surface area (Å²) in [6, 6.07) is 6.30. The van der Waals surface area contributed by atoms with Gasteiger partial charge in [-0.05, 0) is 42.6 Å². The van der Waals surface area contributed by atoms with E-state index in [-0.39, 0.29) is 6.09 Å². The minimum atomic E-state index is -0.340. The fourth-order valence-electron chi connectivity index (χ4n) is 2.29. The Bertz CT molecular complexity index is 441. The van der Waals surface area contributed by atoms with Gasteiger partial charge in [0, 0.05) is 20.1 Å². The highest BCUT2D eigenvalue weighted by molar-refractivity contribution is 5.70. The molecule has 1 aliphatic carbocycles. The zero-order valence-corrected chi connectivity index (χ0v) is 11.2. The van der Waals surface area contributed by atoms with Crippen LogP contribution in [-0.4, -0.2) is 31.6 Å². The Balaban J connectivity index is 2.16. The molecule has 2 rings (SSSR count). The fourth-order valence-corrected chi connectivity index (χ4v) is 2.29. The first-order valence-electron chi connectivity index (χ1n) is 6.37. The standard InChI is InChI=1S/C14H20N2O2/c1-4-15-13-8-6-10-5-7-11(9-12(10)13)18-14(17)16(2)3/h5,7,9,13,15H,4,6,8H2,1-3H3. The van der Waals surface area contributed by atoms with Gasteiger partial charge in [-0.2, -0.15) is 0 Å². The third-order valence-electron chi connectivity index (χ3n) is 3.22. The molecule has 0 heterocycles. The molecule has 0 aromatic heterocycles. The van der Waals surface area contributed by atoms with E-state index in [1.165, 1.54) is 16.0 Å². The molecule has 18 heavy (non-hydrogen) atoms. The first-order chi connectivity index (χ1) is 8.61. The number of amides is 1. The van der Waals surface area contributed by atoms with E-state index in [9.17, 15) is 4.79 Å². The number of carbonyl (C=O) groups is 1. The van der Waals surface area contributed by atoms with Crippen LogP contribution in [0.5, 0.6) is 5.75 Å². The van der Waals surface area contributed by atoms with Gasteiger partial charge in [0.1, 0.15) is 5.75 Å². The molecule has 1 atom stereocenters. The van der Waals surface area contributed by atoms with Crippen molar-refractivity contribution in [3.8, 4) is 5.75 Å². The Morgan fingerprint density at radius 1 is 1.50 bits per heavy atom. The van der Waals surface area contributed by atoms with Crippen molar-refractivity contribution in [2.75, 3.05) is 20.6 Å². The molecule has 0 saturated carbocycles. The van der Waals surface area contributed by atoms with E-state index in [4.69, 9.17) is 4.74 Å². The van der Waals surface area contributed by atoms with Crippen molar-refractivity contribution in [1.82, 2.24) is 10.2 Å². The number of ether oxygens (including phenoxy) is 1. The summed E-state index contributed by atoms with van der Waals surface area (Å²) < 4.78 is 5.29. The number of rotatable bonds is 3. The summed E-state index contributed by atoms with van der Waals surface area (Å²) in [5, 5.41) is 3.45. The van der Waals surface area contributed by atoms with E-state index in [0.29, 0.717) is 11.8 Å². The number of nitrogens with zero attached hydrogens (tertiary/aromatic N) is 1. The Hall–Kier alpha value is -1.55. The molecule has 1 aromatic carbocycles. The monoisotopic (exact) mass is 248 g/mol. The van der Waals surface area contributed by atoms with Crippen LogP contribution >= 0.6 is 0 Å². The number of aryl methyl sites for hydroxylation is 1. The van der Waals surface area contributed by atoms with Crippen molar-refractivity contribution in [3.63, 3.8) is 0 Å². The topological polar surface area (TPSA) is 41.6 Å². The van der Waals surface area contributed by atoms with E-state index >= 15 is 0 Å². The van der Waals surface area contributed by atoms with Gasteiger partial charge < -0.3 is 15.0 Å². The lowest BCUT2D eigenvalue weighted by Crippen LogP contribution is -2.25. The van der Waals surface area contributed by atoms with Crippen molar-refractivity contribution in [3.05, 3.63) is 29.3 Å². The lowest BCUT2D eigenvalue weighted by molar-refractivity contribution is 0.172. The van der Waals surface area contributed by atoms with Gasteiger partial charge in [-0.3, -0.25) is 0 Å². The largest absolute Gasteiger partial charge is 0.414 e. The number of carbonyl (C=O) groups excluding carboxylic acids is 1. The molecule has 1 aliphatic rings. The highest BCUT2D eigenvalue weighted by Crippen LogP contribution is 2.33. The quantitative estimate of drug-likeness (QED) is 0.892. The van der Waals surface area contributed by atoms with Crippen LogP contribution in [0.2, 0.25) is 0 Å². The van der Waals surface area contributed by atoms with Crippen LogP contribution in [0, 0.1) is 0 Å². The van der Waals surface area contributed by atoms with Gasteiger partial charge in [-0.1, -0.05) is 13.0 Å². The smallest absolute Gasteiger partial charge is 0.410 e. The number of hydrogen-bond acceptors (Lipinski definition) is 3. The molecule has 1 aromatic rings. The minimum absolute atomic E-state index is 0.340. The molecule has 1 amide bonds. The van der Waals surface area contributed by atoms with Crippen molar-refractivity contribution < 1.29 is 9.53 Å². The second kappa shape index (κ2) is 5.40. The SMILES string of the molecule is CCNC1CCc2ccc(OC(=O)N(C)C)cc21. The van der Waals surface area contributed by atoms with Crippen LogP contribution < -0.4 is 10.1 Å². The molecule has 1 unspecified atom stereocenters. The Labute approximate surface area is 108 Å². The average Bonchev–Trinajstić information content (AvgIpc) is 2.72. The maximum atomic E-state index is 11.5. The average molecular weight is 248 g/mol. The minimum Gasteiger partial charge on any atom is -0.410 e. The zero-order valence-electron chi connectivity index (χ0n) is 11.2. The lowest BCUT2D eigenvalue weighted by Gasteiger charge is -2.14. The van der Waals surface area contributed by atoms with Gasteiger partial charge >= 0.3 is 6.09 Å². The second-order valence-electron chi connectivity index (χ2n) is 4.77. The van der Waals surface area contributed by atoms with Crippen LogP contribution in [0.25, 0.3) is 0 Å². The van der Waals surface area contributed by atoms with Crippen LogP contribution in [0.1, 0.15) is 30.5 Å². The highest BCUT2D eigenvalue weighted by Gasteiger charge is 2.22. The third-order valence-corrected chi connectivity index (χ3v) is 3.22. The van der Waals surface area contributed by atoms with Crippen LogP contribution in [0.3, 0.4) is 0 Å². The Morgan fingerprint density at radius 2 is 2.28 bits per heavy atom. The second-order valence-corrected chi connectivity index (χ2v) is 4.77. The summed E-state index contributed by atoms with van der Waals surface area (Å²) in [6.45, 7) is 3.06. The predicted molar refractivity (Wildman–Crippen MR) is 70.9 cm³/mol. The van der Waals surface area contributed by atoms with Crippen LogP contribution in [0.4, 0.5) is 4.79 Å². The fraction of sp³-hybridized carbons (Fsp3) is 0.500. The number of benzene rings is 1. The van der Waals surface area contributed by atoms with Gasteiger partial charge in [-0.25, -0.2) is 4.79 Å². The molecular formula is C14H20N2O2. The van der Waals surface area contributed by atoms with Crippen molar-refractivity contribution in [2.24, 2.45) is 0 Å². The van der Waals surface area contributed by atoms with E-state index in [2.05, 4.69) is 18.3 Å². The first kappa shape index (κ1) is 12.9. The molecule has 0 saturated heterocycles. The van der Waals surface area contributed by atoms with Gasteiger partial charge in [0.15, 0.2) is 0 Å². The molecule has 0 bridgehead atoms. The van der Waals surface area contributed by atoms with Gasteiger partial charge in [0.05, 0.1) is 0 Å². The molecule has 0 fully saturated rings. The number of hydrogen-bond donors (Lipinski definition) is 1. The summed E-state index contributed by atoms with van der Waals surface area (Å²) in [5.41, 5.74) is 2.62. The molecular weight excluding hydrogens is 228 g/mol. The zero-order chi connectivity index (χ0) is 13.1.